The van der Waals surface area contributed by atoms with E-state index < -0.39 is 0 Å². The monoisotopic (exact) mass is 154 g/mol. The maximum absolute atomic E-state index is 5.37. The van der Waals surface area contributed by atoms with Crippen molar-refractivity contribution in [1.82, 2.24) is 0 Å². The number of ether oxygens (including phenoxy) is 1. The van der Waals surface area contributed by atoms with Crippen LogP contribution < -0.4 is 0 Å². The first-order valence-electron chi connectivity index (χ1n) is 4.11. The molecule has 1 heterocycles. The number of likely N-dealkylation sites (N-methyl/N-ethyl adjacent to an activating group) is 1. The molecule has 1 saturated heterocycles. The summed E-state index contributed by atoms with van der Waals surface area (Å²) in [6.07, 6.45) is 5.33. The molecule has 1 aliphatic rings. The van der Waals surface area contributed by atoms with Crippen LogP contribution in [-0.4, -0.2) is 43.9 Å². The first-order chi connectivity index (χ1) is 5.20. The molecule has 2 unspecified atom stereocenters. The van der Waals surface area contributed by atoms with Gasteiger partial charge < -0.3 is 9.22 Å². The van der Waals surface area contributed by atoms with Crippen LogP contribution in [0.15, 0.2) is 0 Å². The second kappa shape index (κ2) is 3.25. The average molecular weight is 154 g/mol. The van der Waals surface area contributed by atoms with Crippen LogP contribution in [0.4, 0.5) is 0 Å². The summed E-state index contributed by atoms with van der Waals surface area (Å²) in [6, 6.07) is 0. The molecule has 11 heavy (non-hydrogen) atoms. The standard InChI is InChI=1S/C9H16NO/c1-4-9-8-10(3,5-2)6-7-11-9/h1,9H,5-8H2,2-3H3/q+1. The molecule has 0 amide bonds. The highest BCUT2D eigenvalue weighted by atomic mass is 16.5. The summed E-state index contributed by atoms with van der Waals surface area (Å²) in [5, 5.41) is 0. The molecular weight excluding hydrogens is 138 g/mol. The number of morpholine rings is 1. The lowest BCUT2D eigenvalue weighted by atomic mass is 10.2. The van der Waals surface area contributed by atoms with E-state index in [1.54, 1.807) is 0 Å². The molecule has 1 aliphatic heterocycles. The SMILES string of the molecule is C#CC1C[N+](C)(CC)CCO1. The number of quaternary nitrogens is 1. The third-order valence-corrected chi connectivity index (χ3v) is 2.51. The van der Waals surface area contributed by atoms with E-state index >= 15 is 0 Å². The Hall–Kier alpha value is -0.520. The Morgan fingerprint density at radius 3 is 3.00 bits per heavy atom. The molecule has 2 atom stereocenters. The lowest BCUT2D eigenvalue weighted by Gasteiger charge is -2.38. The first-order valence-corrected chi connectivity index (χ1v) is 4.11. The van der Waals surface area contributed by atoms with E-state index in [1.165, 1.54) is 0 Å². The van der Waals surface area contributed by atoms with Gasteiger partial charge in [0.25, 0.3) is 0 Å². The number of hydrogen-bond acceptors (Lipinski definition) is 1. The van der Waals surface area contributed by atoms with Gasteiger partial charge in [0, 0.05) is 0 Å². The molecule has 0 aliphatic carbocycles. The minimum Gasteiger partial charge on any atom is -0.354 e. The van der Waals surface area contributed by atoms with Crippen LogP contribution in [0.2, 0.25) is 0 Å². The van der Waals surface area contributed by atoms with Gasteiger partial charge in [-0.3, -0.25) is 0 Å². The third kappa shape index (κ3) is 1.95. The van der Waals surface area contributed by atoms with E-state index in [-0.39, 0.29) is 6.10 Å². The molecule has 0 spiro atoms. The zero-order chi connectivity index (χ0) is 8.32. The minimum atomic E-state index is 0.0358. The molecule has 0 bridgehead atoms. The van der Waals surface area contributed by atoms with E-state index in [0.717, 1.165) is 30.7 Å². The number of terminal acetylenes is 1. The number of nitrogens with zero attached hydrogens (tertiary/aromatic N) is 1. The van der Waals surface area contributed by atoms with E-state index in [9.17, 15) is 0 Å². The molecule has 0 N–H and O–H groups in total. The maximum Gasteiger partial charge on any atom is 0.166 e. The summed E-state index contributed by atoms with van der Waals surface area (Å²) < 4.78 is 6.42. The van der Waals surface area contributed by atoms with Crippen molar-refractivity contribution in [1.29, 1.82) is 0 Å². The minimum absolute atomic E-state index is 0.0358. The molecule has 1 rings (SSSR count). The summed E-state index contributed by atoms with van der Waals surface area (Å²) in [7, 11) is 2.23. The molecule has 62 valence electrons. The van der Waals surface area contributed by atoms with Crippen molar-refractivity contribution in [2.24, 2.45) is 0 Å². The van der Waals surface area contributed by atoms with E-state index in [0.29, 0.717) is 0 Å². The summed E-state index contributed by atoms with van der Waals surface area (Å²) in [5.74, 6) is 2.66. The van der Waals surface area contributed by atoms with Crippen LogP contribution in [0, 0.1) is 12.3 Å². The fourth-order valence-corrected chi connectivity index (χ4v) is 1.35. The van der Waals surface area contributed by atoms with Gasteiger partial charge in [-0.05, 0) is 6.92 Å². The molecule has 0 saturated carbocycles. The Labute approximate surface area is 68.7 Å². The maximum atomic E-state index is 5.37. The van der Waals surface area contributed by atoms with Crippen molar-refractivity contribution in [2.45, 2.75) is 13.0 Å². The Morgan fingerprint density at radius 2 is 2.45 bits per heavy atom. The molecular formula is C9H16NO+. The predicted octanol–water partition coefficient (Wildman–Crippen LogP) is 0.485. The van der Waals surface area contributed by atoms with Crippen molar-refractivity contribution in [3.8, 4) is 12.3 Å². The highest BCUT2D eigenvalue weighted by Crippen LogP contribution is 2.11. The number of rotatable bonds is 1. The largest absolute Gasteiger partial charge is 0.354 e. The van der Waals surface area contributed by atoms with Gasteiger partial charge in [0.1, 0.15) is 13.1 Å². The summed E-state index contributed by atoms with van der Waals surface area (Å²) in [4.78, 5) is 0. The second-order valence-electron chi connectivity index (χ2n) is 3.37. The fourth-order valence-electron chi connectivity index (χ4n) is 1.35. The lowest BCUT2D eigenvalue weighted by molar-refractivity contribution is -0.917. The number of hydrogen-bond donors (Lipinski definition) is 0. The predicted molar refractivity (Wildman–Crippen MR) is 45.0 cm³/mol. The molecule has 2 heteroatoms. The topological polar surface area (TPSA) is 9.23 Å². The summed E-state index contributed by atoms with van der Waals surface area (Å²) >= 11 is 0. The highest BCUT2D eigenvalue weighted by molar-refractivity contribution is 4.95. The van der Waals surface area contributed by atoms with Gasteiger partial charge in [0.05, 0.1) is 20.2 Å². The van der Waals surface area contributed by atoms with E-state index in [4.69, 9.17) is 11.2 Å². The zero-order valence-corrected chi connectivity index (χ0v) is 7.34. The van der Waals surface area contributed by atoms with Crippen LogP contribution in [0.25, 0.3) is 0 Å². The molecule has 1 fully saturated rings. The Morgan fingerprint density at radius 1 is 1.73 bits per heavy atom. The molecule has 0 aromatic heterocycles. The van der Waals surface area contributed by atoms with Crippen LogP contribution in [0.1, 0.15) is 6.92 Å². The second-order valence-corrected chi connectivity index (χ2v) is 3.37. The van der Waals surface area contributed by atoms with Gasteiger partial charge in [-0.15, -0.1) is 6.42 Å². The molecule has 0 aromatic rings. The van der Waals surface area contributed by atoms with Crippen LogP contribution in [0.5, 0.6) is 0 Å². The Kier molecular flexibility index (Phi) is 2.53. The highest BCUT2D eigenvalue weighted by Gasteiger charge is 2.28. The van der Waals surface area contributed by atoms with Crippen molar-refractivity contribution in [2.75, 3.05) is 33.3 Å². The van der Waals surface area contributed by atoms with E-state index in [2.05, 4.69) is 19.9 Å². The molecule has 0 aromatic carbocycles. The van der Waals surface area contributed by atoms with E-state index in [1.807, 2.05) is 0 Å². The first kappa shape index (κ1) is 8.58. The zero-order valence-electron chi connectivity index (χ0n) is 7.34. The smallest absolute Gasteiger partial charge is 0.166 e. The van der Waals surface area contributed by atoms with Crippen molar-refractivity contribution >= 4 is 0 Å². The summed E-state index contributed by atoms with van der Waals surface area (Å²) in [6.45, 7) is 6.20. The lowest BCUT2D eigenvalue weighted by Crippen LogP contribution is -2.54. The third-order valence-electron chi connectivity index (χ3n) is 2.51. The Bertz CT molecular complexity index is 173. The quantitative estimate of drug-likeness (QED) is 0.394. The average Bonchev–Trinajstić information content (AvgIpc) is 2.05. The van der Waals surface area contributed by atoms with Crippen molar-refractivity contribution in [3.63, 3.8) is 0 Å². The van der Waals surface area contributed by atoms with Gasteiger partial charge in [-0.25, -0.2) is 0 Å². The van der Waals surface area contributed by atoms with Crippen molar-refractivity contribution in [3.05, 3.63) is 0 Å². The van der Waals surface area contributed by atoms with Crippen LogP contribution in [-0.2, 0) is 4.74 Å². The normalized spacial score (nSPS) is 38.1. The fraction of sp³-hybridized carbons (Fsp3) is 0.778. The van der Waals surface area contributed by atoms with Gasteiger partial charge >= 0.3 is 0 Å². The van der Waals surface area contributed by atoms with Crippen LogP contribution >= 0.6 is 0 Å². The van der Waals surface area contributed by atoms with Gasteiger partial charge in [0.2, 0.25) is 0 Å². The van der Waals surface area contributed by atoms with Crippen molar-refractivity contribution < 1.29 is 9.22 Å². The van der Waals surface area contributed by atoms with Gasteiger partial charge in [-0.2, -0.15) is 0 Å². The van der Waals surface area contributed by atoms with Crippen LogP contribution in [0.3, 0.4) is 0 Å². The molecule has 2 nitrogen and oxygen atoms in total. The van der Waals surface area contributed by atoms with Gasteiger partial charge in [-0.1, -0.05) is 5.92 Å². The Balaban J connectivity index is 2.53. The van der Waals surface area contributed by atoms with Gasteiger partial charge in [0.15, 0.2) is 6.10 Å². The summed E-state index contributed by atoms with van der Waals surface area (Å²) in [5.41, 5.74) is 0. The molecule has 0 radical (unpaired) electrons.